The Labute approximate surface area is 123 Å². The maximum absolute atomic E-state index is 13.1. The van der Waals surface area contributed by atoms with Gasteiger partial charge in [0.25, 0.3) is 0 Å². The highest BCUT2D eigenvalue weighted by Crippen LogP contribution is 2.37. The lowest BCUT2D eigenvalue weighted by atomic mass is 9.97. The Bertz CT molecular complexity index is 840. The van der Waals surface area contributed by atoms with Crippen LogP contribution in [0.1, 0.15) is 11.1 Å². The van der Waals surface area contributed by atoms with Crippen LogP contribution >= 0.6 is 0 Å². The van der Waals surface area contributed by atoms with Crippen molar-refractivity contribution < 1.29 is 17.9 Å². The zero-order valence-electron chi connectivity index (χ0n) is 11.8. The van der Waals surface area contributed by atoms with E-state index in [-0.39, 0.29) is 0 Å². The molecular formula is C15H12F3N3O. The fraction of sp³-hybridized carbons (Fsp3) is 0.200. The number of pyridine rings is 1. The van der Waals surface area contributed by atoms with Crippen molar-refractivity contribution in [2.45, 2.75) is 13.1 Å². The van der Waals surface area contributed by atoms with E-state index in [0.29, 0.717) is 27.9 Å². The van der Waals surface area contributed by atoms with Gasteiger partial charge in [0.2, 0.25) is 5.88 Å². The number of aryl methyl sites for hydroxylation is 1. The molecule has 3 aromatic rings. The Hall–Kier alpha value is -2.57. The van der Waals surface area contributed by atoms with Crippen molar-refractivity contribution >= 4 is 10.9 Å². The highest BCUT2D eigenvalue weighted by molar-refractivity contribution is 5.95. The summed E-state index contributed by atoms with van der Waals surface area (Å²) in [7, 11) is 1.49. The van der Waals surface area contributed by atoms with E-state index in [0.717, 1.165) is 17.7 Å². The lowest BCUT2D eigenvalue weighted by molar-refractivity contribution is -0.137. The quantitative estimate of drug-likeness (QED) is 0.779. The lowest BCUT2D eigenvalue weighted by Gasteiger charge is -2.12. The van der Waals surface area contributed by atoms with Crippen LogP contribution in [0.5, 0.6) is 5.88 Å². The highest BCUT2D eigenvalue weighted by Gasteiger charge is 2.32. The number of halogens is 3. The number of aromatic nitrogens is 3. The zero-order valence-corrected chi connectivity index (χ0v) is 11.8. The molecule has 0 spiro atoms. The molecule has 0 aliphatic rings. The predicted molar refractivity (Wildman–Crippen MR) is 75.6 cm³/mol. The summed E-state index contributed by atoms with van der Waals surface area (Å²) in [6.45, 7) is 1.80. The third kappa shape index (κ3) is 2.38. The maximum Gasteiger partial charge on any atom is 0.416 e. The van der Waals surface area contributed by atoms with Gasteiger partial charge in [0.1, 0.15) is 0 Å². The number of fused-ring (bicyclic) bond motifs is 1. The molecule has 0 fully saturated rings. The zero-order chi connectivity index (χ0) is 15.9. The molecule has 2 heterocycles. The van der Waals surface area contributed by atoms with E-state index < -0.39 is 11.7 Å². The summed E-state index contributed by atoms with van der Waals surface area (Å²) in [5.74, 6) is 0.414. The van der Waals surface area contributed by atoms with Crippen molar-refractivity contribution in [2.24, 2.45) is 0 Å². The van der Waals surface area contributed by atoms with Crippen LogP contribution in [0.2, 0.25) is 0 Å². The lowest BCUT2D eigenvalue weighted by Crippen LogP contribution is -2.05. The normalized spacial score (nSPS) is 11.9. The number of rotatable bonds is 2. The molecule has 2 aromatic heterocycles. The van der Waals surface area contributed by atoms with Crippen LogP contribution < -0.4 is 4.74 Å². The molecule has 1 aromatic carbocycles. The van der Waals surface area contributed by atoms with Gasteiger partial charge in [0.05, 0.1) is 24.4 Å². The summed E-state index contributed by atoms with van der Waals surface area (Å²) < 4.78 is 44.2. The molecule has 0 aliphatic heterocycles. The van der Waals surface area contributed by atoms with Gasteiger partial charge in [-0.05, 0) is 30.2 Å². The minimum atomic E-state index is -4.43. The summed E-state index contributed by atoms with van der Waals surface area (Å²) in [4.78, 5) is 4.08. The molecule has 0 aliphatic carbocycles. The van der Waals surface area contributed by atoms with Crippen molar-refractivity contribution in [1.82, 2.24) is 15.2 Å². The monoisotopic (exact) mass is 307 g/mol. The standard InChI is InChI=1S/C15H12F3N3O/c1-8-3-14(22-2)19-6-11(8)10-4-9(15(16,17)18)5-13-12(10)7-20-21-13/h3-7H,1-2H3,(H,20,21). The van der Waals surface area contributed by atoms with E-state index in [1.165, 1.54) is 19.5 Å². The van der Waals surface area contributed by atoms with Crippen molar-refractivity contribution in [3.8, 4) is 17.0 Å². The number of nitrogens with zero attached hydrogens (tertiary/aromatic N) is 2. The molecule has 0 atom stereocenters. The highest BCUT2D eigenvalue weighted by atomic mass is 19.4. The van der Waals surface area contributed by atoms with Crippen LogP contribution in [0.3, 0.4) is 0 Å². The van der Waals surface area contributed by atoms with E-state index in [1.807, 2.05) is 0 Å². The molecule has 114 valence electrons. The molecular weight excluding hydrogens is 295 g/mol. The first-order chi connectivity index (χ1) is 10.4. The van der Waals surface area contributed by atoms with Gasteiger partial charge in [-0.1, -0.05) is 0 Å². The fourth-order valence-corrected chi connectivity index (χ4v) is 2.36. The summed E-state index contributed by atoms with van der Waals surface area (Å²) in [5.41, 5.74) is 1.42. The second-order valence-electron chi connectivity index (χ2n) is 4.89. The van der Waals surface area contributed by atoms with Gasteiger partial charge in [0.15, 0.2) is 0 Å². The summed E-state index contributed by atoms with van der Waals surface area (Å²) in [5, 5.41) is 7.04. The molecule has 1 N–H and O–H groups in total. The average molecular weight is 307 g/mol. The van der Waals surface area contributed by atoms with Gasteiger partial charge in [0, 0.05) is 23.2 Å². The summed E-state index contributed by atoms with van der Waals surface area (Å²) in [6, 6.07) is 3.86. The Kier molecular flexibility index (Phi) is 3.27. The minimum absolute atomic E-state index is 0.333. The first kappa shape index (κ1) is 14.4. The van der Waals surface area contributed by atoms with Crippen LogP contribution in [0.25, 0.3) is 22.0 Å². The van der Waals surface area contributed by atoms with E-state index in [9.17, 15) is 13.2 Å². The average Bonchev–Trinajstić information content (AvgIpc) is 2.93. The van der Waals surface area contributed by atoms with E-state index in [4.69, 9.17) is 4.74 Å². The molecule has 0 radical (unpaired) electrons. The Morgan fingerprint density at radius 1 is 1.09 bits per heavy atom. The van der Waals surface area contributed by atoms with Crippen LogP contribution in [-0.4, -0.2) is 22.3 Å². The Balaban J connectivity index is 2.27. The molecule has 0 bridgehead atoms. The van der Waals surface area contributed by atoms with E-state index in [2.05, 4.69) is 15.2 Å². The van der Waals surface area contributed by atoms with Gasteiger partial charge in [-0.3, -0.25) is 5.10 Å². The summed E-state index contributed by atoms with van der Waals surface area (Å²) >= 11 is 0. The number of aromatic amines is 1. The smallest absolute Gasteiger partial charge is 0.416 e. The van der Waals surface area contributed by atoms with Crippen molar-refractivity contribution in [3.05, 3.63) is 41.7 Å². The fourth-order valence-electron chi connectivity index (χ4n) is 2.36. The summed E-state index contributed by atoms with van der Waals surface area (Å²) in [6.07, 6.45) is -1.41. The molecule has 7 heteroatoms. The second-order valence-corrected chi connectivity index (χ2v) is 4.89. The largest absolute Gasteiger partial charge is 0.481 e. The van der Waals surface area contributed by atoms with Gasteiger partial charge in [-0.15, -0.1) is 0 Å². The molecule has 0 unspecified atom stereocenters. The molecule has 4 nitrogen and oxygen atoms in total. The first-order valence-corrected chi connectivity index (χ1v) is 6.45. The van der Waals surface area contributed by atoms with Crippen molar-refractivity contribution in [2.75, 3.05) is 7.11 Å². The van der Waals surface area contributed by atoms with Gasteiger partial charge in [-0.2, -0.15) is 18.3 Å². The van der Waals surface area contributed by atoms with Crippen LogP contribution in [-0.2, 0) is 6.18 Å². The third-order valence-electron chi connectivity index (χ3n) is 3.47. The van der Waals surface area contributed by atoms with Crippen LogP contribution in [0.15, 0.2) is 30.6 Å². The molecule has 3 rings (SSSR count). The maximum atomic E-state index is 13.1. The van der Waals surface area contributed by atoms with E-state index >= 15 is 0 Å². The van der Waals surface area contributed by atoms with Crippen LogP contribution in [0, 0.1) is 6.92 Å². The second kappa shape index (κ2) is 5.01. The number of hydrogen-bond donors (Lipinski definition) is 1. The molecule has 0 amide bonds. The topological polar surface area (TPSA) is 50.8 Å². The van der Waals surface area contributed by atoms with Gasteiger partial charge in [-0.25, -0.2) is 4.98 Å². The Morgan fingerprint density at radius 3 is 2.50 bits per heavy atom. The number of benzene rings is 1. The van der Waals surface area contributed by atoms with E-state index in [1.54, 1.807) is 13.0 Å². The number of alkyl halides is 3. The number of nitrogens with one attached hydrogen (secondary N) is 1. The number of ether oxygens (including phenoxy) is 1. The van der Waals surface area contributed by atoms with Crippen LogP contribution in [0.4, 0.5) is 13.2 Å². The third-order valence-corrected chi connectivity index (χ3v) is 3.47. The number of methoxy groups -OCH3 is 1. The van der Waals surface area contributed by atoms with Gasteiger partial charge >= 0.3 is 6.18 Å². The Morgan fingerprint density at radius 2 is 1.86 bits per heavy atom. The number of H-pyrrole nitrogens is 1. The first-order valence-electron chi connectivity index (χ1n) is 6.45. The van der Waals surface area contributed by atoms with Crippen molar-refractivity contribution in [3.63, 3.8) is 0 Å². The van der Waals surface area contributed by atoms with Crippen molar-refractivity contribution in [1.29, 1.82) is 0 Å². The minimum Gasteiger partial charge on any atom is -0.481 e. The molecule has 0 saturated heterocycles. The van der Waals surface area contributed by atoms with Gasteiger partial charge < -0.3 is 4.74 Å². The predicted octanol–water partition coefficient (Wildman–Crippen LogP) is 3.96. The molecule has 0 saturated carbocycles. The molecule has 22 heavy (non-hydrogen) atoms. The SMILES string of the molecule is COc1cc(C)c(-c2cc(C(F)(F)F)cc3[nH]ncc23)cn1. The number of hydrogen-bond acceptors (Lipinski definition) is 3.